The zero-order valence-corrected chi connectivity index (χ0v) is 12.7. The summed E-state index contributed by atoms with van der Waals surface area (Å²) in [5.41, 5.74) is 1.40. The Hall–Kier alpha value is -0.643. The van der Waals surface area contributed by atoms with Crippen molar-refractivity contribution in [2.75, 3.05) is 13.8 Å². The van der Waals surface area contributed by atoms with E-state index in [1.807, 2.05) is 0 Å². The van der Waals surface area contributed by atoms with Gasteiger partial charge in [0.25, 0.3) is 0 Å². The molecule has 1 rings (SSSR count). The molecule has 0 aliphatic rings. The van der Waals surface area contributed by atoms with Crippen molar-refractivity contribution in [3.05, 3.63) is 35.9 Å². The van der Waals surface area contributed by atoms with Crippen molar-refractivity contribution in [1.29, 1.82) is 0 Å². The molecule has 0 saturated carbocycles. The summed E-state index contributed by atoms with van der Waals surface area (Å²) in [4.78, 5) is 0. The Bertz CT molecular complexity index is 321. The smallest absolute Gasteiger partial charge is 0.122 e. The molecule has 0 amide bonds. The molecule has 2 nitrogen and oxygen atoms in total. The van der Waals surface area contributed by atoms with Gasteiger partial charge in [0.05, 0.1) is 6.73 Å². The van der Waals surface area contributed by atoms with Crippen LogP contribution in [-0.2, 0) is 4.74 Å². The average molecular weight is 251 g/mol. The van der Waals surface area contributed by atoms with Crippen LogP contribution in [0.4, 0.5) is 0 Å². The number of benzene rings is 1. The maximum Gasteiger partial charge on any atom is 0.122 e. The van der Waals surface area contributed by atoms with E-state index < -0.39 is 8.24 Å². The van der Waals surface area contributed by atoms with E-state index in [0.717, 1.165) is 13.2 Å². The molecular formula is C14H25NOSi. The van der Waals surface area contributed by atoms with Gasteiger partial charge in [-0.25, -0.2) is 0 Å². The van der Waals surface area contributed by atoms with E-state index in [-0.39, 0.29) is 0 Å². The predicted octanol–water partition coefficient (Wildman–Crippen LogP) is 3.88. The molecular weight excluding hydrogens is 226 g/mol. The second-order valence-corrected chi connectivity index (χ2v) is 10.3. The van der Waals surface area contributed by atoms with Crippen LogP contribution in [0.5, 0.6) is 0 Å². The van der Waals surface area contributed by atoms with Crippen molar-refractivity contribution in [1.82, 2.24) is 4.57 Å². The maximum atomic E-state index is 5.40. The Morgan fingerprint density at radius 2 is 1.76 bits per heavy atom. The lowest BCUT2D eigenvalue weighted by atomic mass is 10.1. The van der Waals surface area contributed by atoms with Crippen LogP contribution in [0.2, 0.25) is 19.6 Å². The molecule has 0 unspecified atom stereocenters. The first-order valence-corrected chi connectivity index (χ1v) is 9.76. The summed E-state index contributed by atoms with van der Waals surface area (Å²) >= 11 is 0. The van der Waals surface area contributed by atoms with E-state index in [2.05, 4.69) is 61.5 Å². The van der Waals surface area contributed by atoms with Crippen molar-refractivity contribution in [3.8, 4) is 0 Å². The monoisotopic (exact) mass is 251 g/mol. The molecule has 0 bridgehead atoms. The molecule has 3 heteroatoms. The largest absolute Gasteiger partial charge is 0.370 e. The molecule has 0 radical (unpaired) electrons. The first-order chi connectivity index (χ1) is 8.00. The maximum absolute atomic E-state index is 5.40. The van der Waals surface area contributed by atoms with Crippen molar-refractivity contribution < 1.29 is 4.74 Å². The fourth-order valence-electron chi connectivity index (χ4n) is 2.20. The SMILES string of the molecule is CC[C@@H](c1ccccc1)N(COC)[Si](C)(C)C. The summed E-state index contributed by atoms with van der Waals surface area (Å²) < 4.78 is 7.94. The van der Waals surface area contributed by atoms with Crippen LogP contribution in [0.1, 0.15) is 24.9 Å². The number of hydrogen-bond acceptors (Lipinski definition) is 2. The minimum Gasteiger partial charge on any atom is -0.370 e. The van der Waals surface area contributed by atoms with Crippen molar-refractivity contribution in [3.63, 3.8) is 0 Å². The second-order valence-electron chi connectivity index (χ2n) is 5.39. The highest BCUT2D eigenvalue weighted by molar-refractivity contribution is 6.73. The predicted molar refractivity (Wildman–Crippen MR) is 76.5 cm³/mol. The normalized spacial score (nSPS) is 14.0. The Labute approximate surface area is 107 Å². The van der Waals surface area contributed by atoms with Gasteiger partial charge < -0.3 is 4.74 Å². The Morgan fingerprint density at radius 1 is 1.18 bits per heavy atom. The van der Waals surface area contributed by atoms with Gasteiger partial charge in [-0.3, -0.25) is 4.57 Å². The lowest BCUT2D eigenvalue weighted by molar-refractivity contribution is 0.0850. The minimum atomic E-state index is -1.37. The van der Waals surface area contributed by atoms with E-state index in [4.69, 9.17) is 4.74 Å². The van der Waals surface area contributed by atoms with Crippen LogP contribution in [-0.4, -0.2) is 26.6 Å². The second kappa shape index (κ2) is 6.33. The zero-order valence-electron chi connectivity index (χ0n) is 11.7. The Balaban J connectivity index is 2.98. The highest BCUT2D eigenvalue weighted by Crippen LogP contribution is 2.28. The van der Waals surface area contributed by atoms with Crippen LogP contribution in [0.25, 0.3) is 0 Å². The molecule has 1 aromatic rings. The third-order valence-corrected chi connectivity index (χ3v) is 5.24. The van der Waals surface area contributed by atoms with Crippen molar-refractivity contribution in [2.24, 2.45) is 0 Å². The van der Waals surface area contributed by atoms with E-state index >= 15 is 0 Å². The van der Waals surface area contributed by atoms with Gasteiger partial charge in [-0.2, -0.15) is 0 Å². The molecule has 0 fully saturated rings. The van der Waals surface area contributed by atoms with Gasteiger partial charge >= 0.3 is 0 Å². The van der Waals surface area contributed by atoms with Gasteiger partial charge in [0.2, 0.25) is 0 Å². The number of rotatable bonds is 6. The standard InChI is InChI=1S/C14H25NOSi/c1-6-14(13-10-8-7-9-11-13)15(12-16-2)17(3,4)5/h7-11,14H,6,12H2,1-5H3/t14-/m0/s1. The molecule has 1 atom stereocenters. The molecule has 96 valence electrons. The van der Waals surface area contributed by atoms with E-state index in [9.17, 15) is 0 Å². The first kappa shape index (κ1) is 14.4. The summed E-state index contributed by atoms with van der Waals surface area (Å²) in [7, 11) is 0.416. The van der Waals surface area contributed by atoms with Gasteiger partial charge in [-0.15, -0.1) is 0 Å². The topological polar surface area (TPSA) is 12.5 Å². The highest BCUT2D eigenvalue weighted by Gasteiger charge is 2.30. The molecule has 0 spiro atoms. The fourth-order valence-corrected chi connectivity index (χ4v) is 3.98. The fraction of sp³-hybridized carbons (Fsp3) is 0.571. The van der Waals surface area contributed by atoms with Crippen LogP contribution in [0, 0.1) is 0 Å². The summed E-state index contributed by atoms with van der Waals surface area (Å²) in [6.07, 6.45) is 1.12. The lowest BCUT2D eigenvalue weighted by Crippen LogP contribution is -2.48. The van der Waals surface area contributed by atoms with E-state index in [1.54, 1.807) is 7.11 Å². The molecule has 0 aliphatic heterocycles. The third kappa shape index (κ3) is 3.94. The van der Waals surface area contributed by atoms with Crippen molar-refractivity contribution >= 4 is 8.24 Å². The molecule has 0 heterocycles. The first-order valence-electron chi connectivity index (χ1n) is 6.31. The third-order valence-electron chi connectivity index (χ3n) is 3.08. The van der Waals surface area contributed by atoms with Crippen LogP contribution >= 0.6 is 0 Å². The summed E-state index contributed by atoms with van der Waals surface area (Å²) in [6, 6.07) is 11.2. The number of ether oxygens (including phenoxy) is 1. The van der Waals surface area contributed by atoms with E-state index in [1.165, 1.54) is 5.56 Å². The van der Waals surface area contributed by atoms with Crippen LogP contribution < -0.4 is 0 Å². The van der Waals surface area contributed by atoms with Crippen LogP contribution in [0.15, 0.2) is 30.3 Å². The summed E-state index contributed by atoms with van der Waals surface area (Å²) in [6.45, 7) is 10.1. The van der Waals surface area contributed by atoms with E-state index in [0.29, 0.717) is 6.04 Å². The highest BCUT2D eigenvalue weighted by atomic mass is 28.3. The van der Waals surface area contributed by atoms with Gasteiger partial charge in [0, 0.05) is 13.2 Å². The van der Waals surface area contributed by atoms with Gasteiger partial charge in [-0.05, 0) is 12.0 Å². The molecule has 0 saturated heterocycles. The van der Waals surface area contributed by atoms with Gasteiger partial charge in [-0.1, -0.05) is 56.9 Å². The van der Waals surface area contributed by atoms with Gasteiger partial charge in [0.15, 0.2) is 0 Å². The number of hydrogen-bond donors (Lipinski definition) is 0. The average Bonchev–Trinajstić information content (AvgIpc) is 2.29. The Kier molecular flexibility index (Phi) is 5.37. The number of methoxy groups -OCH3 is 1. The quantitative estimate of drug-likeness (QED) is 0.562. The summed E-state index contributed by atoms with van der Waals surface area (Å²) in [5.74, 6) is 0. The van der Waals surface area contributed by atoms with Crippen LogP contribution in [0.3, 0.4) is 0 Å². The van der Waals surface area contributed by atoms with Crippen molar-refractivity contribution in [2.45, 2.75) is 39.0 Å². The molecule has 0 N–H and O–H groups in total. The molecule has 0 aromatic heterocycles. The van der Waals surface area contributed by atoms with Gasteiger partial charge in [0.1, 0.15) is 8.24 Å². The zero-order chi connectivity index (χ0) is 12.9. The number of nitrogens with zero attached hydrogens (tertiary/aromatic N) is 1. The molecule has 1 aromatic carbocycles. The lowest BCUT2D eigenvalue weighted by Gasteiger charge is -2.40. The molecule has 0 aliphatic carbocycles. The summed E-state index contributed by atoms with van der Waals surface area (Å²) in [5, 5.41) is 0. The Morgan fingerprint density at radius 3 is 2.18 bits per heavy atom. The molecule has 17 heavy (non-hydrogen) atoms. The minimum absolute atomic E-state index is 0.475.